The van der Waals surface area contributed by atoms with Crippen molar-refractivity contribution in [1.82, 2.24) is 9.80 Å². The summed E-state index contributed by atoms with van der Waals surface area (Å²) in [4.78, 5) is 28.5. The molecule has 1 aromatic rings. The van der Waals surface area contributed by atoms with Crippen molar-refractivity contribution in [3.8, 4) is 0 Å². The number of piperidine rings is 1. The summed E-state index contributed by atoms with van der Waals surface area (Å²) >= 11 is 0. The topological polar surface area (TPSA) is 60.9 Å². The number of benzene rings is 1. The molecule has 2 aliphatic rings. The molecule has 0 bridgehead atoms. The van der Waals surface area contributed by atoms with Gasteiger partial charge in [0.15, 0.2) is 0 Å². The van der Waals surface area contributed by atoms with Gasteiger partial charge in [-0.3, -0.25) is 9.59 Å². The Labute approximate surface area is 147 Å². The lowest BCUT2D eigenvalue weighted by Crippen LogP contribution is -2.47. The van der Waals surface area contributed by atoms with Crippen LogP contribution >= 0.6 is 0 Å². The molecule has 136 valence electrons. The third-order valence-corrected chi connectivity index (χ3v) is 5.15. The zero-order valence-electron chi connectivity index (χ0n) is 14.5. The van der Waals surface area contributed by atoms with E-state index in [0.717, 1.165) is 25.7 Å². The monoisotopic (exact) mass is 348 g/mol. The standard InChI is InChI=1S/C19H25FN2O3/c1-21(12-17(23)13-4-5-13)18(24)15-3-2-10-22(11-15)19(25)14-6-8-16(20)9-7-14/h6-9,13,15,17,23H,2-5,10-12H2,1H3. The molecule has 2 atom stereocenters. The zero-order chi connectivity index (χ0) is 18.0. The van der Waals surface area contributed by atoms with E-state index >= 15 is 0 Å². The predicted octanol–water partition coefficient (Wildman–Crippen LogP) is 1.91. The van der Waals surface area contributed by atoms with Crippen molar-refractivity contribution in [3.05, 3.63) is 35.6 Å². The van der Waals surface area contributed by atoms with Crippen LogP contribution in [0, 0.1) is 17.7 Å². The predicted molar refractivity (Wildman–Crippen MR) is 91.4 cm³/mol. The van der Waals surface area contributed by atoms with Crippen molar-refractivity contribution in [2.45, 2.75) is 31.8 Å². The molecule has 1 N–H and O–H groups in total. The van der Waals surface area contributed by atoms with Crippen LogP contribution in [0.25, 0.3) is 0 Å². The lowest BCUT2D eigenvalue weighted by molar-refractivity contribution is -0.137. The van der Waals surface area contributed by atoms with Crippen molar-refractivity contribution in [1.29, 1.82) is 0 Å². The Morgan fingerprint density at radius 3 is 2.60 bits per heavy atom. The smallest absolute Gasteiger partial charge is 0.253 e. The summed E-state index contributed by atoms with van der Waals surface area (Å²) in [5.74, 6) is -0.471. The average molecular weight is 348 g/mol. The number of likely N-dealkylation sites (N-methyl/N-ethyl adjacent to an activating group) is 1. The van der Waals surface area contributed by atoms with E-state index in [1.54, 1.807) is 16.8 Å². The first-order valence-corrected chi connectivity index (χ1v) is 8.93. The van der Waals surface area contributed by atoms with Gasteiger partial charge in [-0.15, -0.1) is 0 Å². The van der Waals surface area contributed by atoms with E-state index in [4.69, 9.17) is 0 Å². The molecule has 1 saturated heterocycles. The lowest BCUT2D eigenvalue weighted by atomic mass is 9.95. The van der Waals surface area contributed by atoms with Crippen molar-refractivity contribution < 1.29 is 19.1 Å². The van der Waals surface area contributed by atoms with E-state index in [2.05, 4.69) is 0 Å². The van der Waals surface area contributed by atoms with Gasteiger partial charge < -0.3 is 14.9 Å². The van der Waals surface area contributed by atoms with E-state index in [9.17, 15) is 19.1 Å². The minimum absolute atomic E-state index is 0.0173. The summed E-state index contributed by atoms with van der Waals surface area (Å²) in [6.07, 6.45) is 3.13. The highest BCUT2D eigenvalue weighted by atomic mass is 19.1. The molecule has 2 unspecified atom stereocenters. The number of amides is 2. The van der Waals surface area contributed by atoms with Crippen LogP contribution in [0.3, 0.4) is 0 Å². The molecule has 1 heterocycles. The Kier molecular flexibility index (Phi) is 5.37. The Morgan fingerprint density at radius 2 is 1.96 bits per heavy atom. The van der Waals surface area contributed by atoms with Gasteiger partial charge in [0.05, 0.1) is 12.0 Å². The van der Waals surface area contributed by atoms with Gasteiger partial charge in [0.25, 0.3) is 5.91 Å². The van der Waals surface area contributed by atoms with Crippen LogP contribution in [0.2, 0.25) is 0 Å². The van der Waals surface area contributed by atoms with Crippen LogP contribution in [0.15, 0.2) is 24.3 Å². The highest BCUT2D eigenvalue weighted by Gasteiger charge is 2.34. The van der Waals surface area contributed by atoms with Crippen molar-refractivity contribution in [2.24, 2.45) is 11.8 Å². The largest absolute Gasteiger partial charge is 0.391 e. The second-order valence-corrected chi connectivity index (χ2v) is 7.22. The van der Waals surface area contributed by atoms with Crippen LogP contribution in [-0.2, 0) is 4.79 Å². The van der Waals surface area contributed by atoms with Crippen molar-refractivity contribution in [3.63, 3.8) is 0 Å². The van der Waals surface area contributed by atoms with Crippen molar-refractivity contribution >= 4 is 11.8 Å². The number of likely N-dealkylation sites (tertiary alicyclic amines) is 1. The summed E-state index contributed by atoms with van der Waals surface area (Å²) in [5, 5.41) is 10.0. The number of aliphatic hydroxyl groups excluding tert-OH is 1. The summed E-state index contributed by atoms with van der Waals surface area (Å²) in [7, 11) is 1.72. The molecule has 0 spiro atoms. The summed E-state index contributed by atoms with van der Waals surface area (Å²) in [6.45, 7) is 1.33. The van der Waals surface area contributed by atoms with E-state index in [-0.39, 0.29) is 23.5 Å². The molecule has 25 heavy (non-hydrogen) atoms. The third kappa shape index (κ3) is 4.37. The van der Waals surface area contributed by atoms with Gasteiger partial charge >= 0.3 is 0 Å². The zero-order valence-corrected chi connectivity index (χ0v) is 14.5. The van der Waals surface area contributed by atoms with Gasteiger partial charge in [0, 0.05) is 32.2 Å². The number of carbonyl (C=O) groups is 2. The first-order chi connectivity index (χ1) is 12.0. The molecule has 0 aromatic heterocycles. The normalized spacial score (nSPS) is 21.7. The number of hydrogen-bond acceptors (Lipinski definition) is 3. The van der Waals surface area contributed by atoms with Crippen LogP contribution in [0.1, 0.15) is 36.0 Å². The van der Waals surface area contributed by atoms with Gasteiger partial charge in [-0.25, -0.2) is 4.39 Å². The SMILES string of the molecule is CN(CC(O)C1CC1)C(=O)C1CCCN(C(=O)c2ccc(F)cc2)C1. The van der Waals surface area contributed by atoms with Crippen LogP contribution in [-0.4, -0.2) is 59.5 Å². The molecule has 1 aromatic carbocycles. The average Bonchev–Trinajstić information content (AvgIpc) is 3.46. The van der Waals surface area contributed by atoms with E-state index < -0.39 is 6.10 Å². The minimum Gasteiger partial charge on any atom is -0.391 e. The Morgan fingerprint density at radius 1 is 1.28 bits per heavy atom. The van der Waals surface area contributed by atoms with Gasteiger partial charge in [-0.2, -0.15) is 0 Å². The molecule has 1 aliphatic carbocycles. The quantitative estimate of drug-likeness (QED) is 0.884. The molecule has 5 nitrogen and oxygen atoms in total. The maximum atomic E-state index is 13.0. The van der Waals surface area contributed by atoms with Gasteiger partial charge in [0.2, 0.25) is 5.91 Å². The van der Waals surface area contributed by atoms with E-state index in [1.165, 1.54) is 24.3 Å². The fourth-order valence-electron chi connectivity index (χ4n) is 3.45. The maximum absolute atomic E-state index is 13.0. The van der Waals surface area contributed by atoms with Crippen LogP contribution < -0.4 is 0 Å². The van der Waals surface area contributed by atoms with E-state index in [0.29, 0.717) is 31.1 Å². The highest BCUT2D eigenvalue weighted by Crippen LogP contribution is 2.33. The number of nitrogens with zero attached hydrogens (tertiary/aromatic N) is 2. The second kappa shape index (κ2) is 7.52. The number of rotatable bonds is 5. The van der Waals surface area contributed by atoms with Gasteiger partial charge in [-0.1, -0.05) is 0 Å². The first kappa shape index (κ1) is 17.9. The van der Waals surface area contributed by atoms with Crippen molar-refractivity contribution in [2.75, 3.05) is 26.7 Å². The molecular formula is C19H25FN2O3. The maximum Gasteiger partial charge on any atom is 0.253 e. The summed E-state index contributed by atoms with van der Waals surface area (Å²) in [6, 6.07) is 5.49. The molecule has 0 radical (unpaired) electrons. The summed E-state index contributed by atoms with van der Waals surface area (Å²) < 4.78 is 13.0. The van der Waals surface area contributed by atoms with Crippen LogP contribution in [0.4, 0.5) is 4.39 Å². The first-order valence-electron chi connectivity index (χ1n) is 8.93. The number of carbonyl (C=O) groups excluding carboxylic acids is 2. The minimum atomic E-state index is -0.450. The van der Waals surface area contributed by atoms with E-state index in [1.807, 2.05) is 0 Å². The molecule has 6 heteroatoms. The number of hydrogen-bond donors (Lipinski definition) is 1. The fraction of sp³-hybridized carbons (Fsp3) is 0.579. The Balaban J connectivity index is 1.58. The Bertz CT molecular complexity index is 630. The third-order valence-electron chi connectivity index (χ3n) is 5.15. The second-order valence-electron chi connectivity index (χ2n) is 7.22. The molecule has 2 amide bonds. The molecule has 1 aliphatic heterocycles. The fourth-order valence-corrected chi connectivity index (χ4v) is 3.45. The molecule has 3 rings (SSSR count). The summed E-state index contributed by atoms with van der Waals surface area (Å²) in [5.41, 5.74) is 0.437. The van der Waals surface area contributed by atoms with Gasteiger partial charge in [0.1, 0.15) is 5.82 Å². The molecule has 2 fully saturated rings. The van der Waals surface area contributed by atoms with Gasteiger partial charge in [-0.05, 0) is 55.9 Å². The molecule has 1 saturated carbocycles. The highest BCUT2D eigenvalue weighted by molar-refractivity contribution is 5.94. The Hall–Kier alpha value is -1.95. The lowest BCUT2D eigenvalue weighted by Gasteiger charge is -2.34. The van der Waals surface area contributed by atoms with Crippen LogP contribution in [0.5, 0.6) is 0 Å². The molecular weight excluding hydrogens is 323 g/mol. The number of halogens is 1. The number of aliphatic hydroxyl groups is 1.